The number of hydrogen-bond donors (Lipinski definition) is 1. The van der Waals surface area contributed by atoms with Crippen molar-refractivity contribution in [2.75, 3.05) is 0 Å². The van der Waals surface area contributed by atoms with E-state index >= 15 is 0 Å². The number of hydrogen-bond acceptors (Lipinski definition) is 4. The number of nitrogens with one attached hydrogen (secondary N) is 1. The molecule has 0 aromatic carbocycles. The summed E-state index contributed by atoms with van der Waals surface area (Å²) in [5.41, 5.74) is 0. The number of carbonyl (C=O) groups is 1. The first kappa shape index (κ1) is 14.5. The molecule has 23 heavy (non-hydrogen) atoms. The van der Waals surface area contributed by atoms with Crippen molar-refractivity contribution in [2.24, 2.45) is 5.92 Å². The van der Waals surface area contributed by atoms with Crippen molar-refractivity contribution in [2.45, 2.75) is 58.0 Å². The molecular formula is C17H22N4O2. The third kappa shape index (κ3) is 3.02. The lowest BCUT2D eigenvalue weighted by atomic mass is 10.2. The van der Waals surface area contributed by atoms with Gasteiger partial charge in [0.2, 0.25) is 5.91 Å². The van der Waals surface area contributed by atoms with Crippen LogP contribution in [0.15, 0.2) is 16.5 Å². The highest BCUT2D eigenvalue weighted by Crippen LogP contribution is 2.47. The molecule has 1 aliphatic heterocycles. The minimum atomic E-state index is 0.0260. The molecule has 2 aromatic rings. The number of aromatic nitrogens is 3. The van der Waals surface area contributed by atoms with Crippen LogP contribution in [0.4, 0.5) is 0 Å². The highest BCUT2D eigenvalue weighted by Gasteiger charge is 2.36. The quantitative estimate of drug-likeness (QED) is 0.887. The summed E-state index contributed by atoms with van der Waals surface area (Å²) in [6.45, 7) is 3.65. The van der Waals surface area contributed by atoms with Crippen molar-refractivity contribution in [1.29, 1.82) is 0 Å². The minimum Gasteiger partial charge on any atom is -0.466 e. The molecule has 0 saturated heterocycles. The molecule has 1 saturated carbocycles. The Morgan fingerprint density at radius 3 is 3.13 bits per heavy atom. The minimum absolute atomic E-state index is 0.0260. The molecule has 0 unspecified atom stereocenters. The molecule has 1 amide bonds. The van der Waals surface area contributed by atoms with Gasteiger partial charge in [0, 0.05) is 31.7 Å². The standard InChI is InChI=1S/C17H22N4O2/c1-11-9-13(11)14-6-4-12(23-14)5-7-17(22)18-10-16-20-19-15-3-2-8-21(15)16/h4,6,11,13H,2-3,5,7-10H2,1H3,(H,18,22)/t11-,13+/m1/s1. The van der Waals surface area contributed by atoms with Crippen LogP contribution in [0.2, 0.25) is 0 Å². The lowest BCUT2D eigenvalue weighted by Gasteiger charge is -2.05. The van der Waals surface area contributed by atoms with Crippen LogP contribution in [0.1, 0.15) is 55.3 Å². The number of furan rings is 1. The molecule has 1 aliphatic carbocycles. The molecule has 3 heterocycles. The van der Waals surface area contributed by atoms with Gasteiger partial charge >= 0.3 is 0 Å². The van der Waals surface area contributed by atoms with E-state index in [-0.39, 0.29) is 5.91 Å². The van der Waals surface area contributed by atoms with Crippen LogP contribution in [0.3, 0.4) is 0 Å². The fourth-order valence-electron chi connectivity index (χ4n) is 3.29. The van der Waals surface area contributed by atoms with E-state index in [1.54, 1.807) is 0 Å². The molecule has 2 aliphatic rings. The van der Waals surface area contributed by atoms with Crippen LogP contribution in [-0.2, 0) is 30.7 Å². The third-order valence-corrected chi connectivity index (χ3v) is 4.89. The van der Waals surface area contributed by atoms with E-state index in [0.717, 1.165) is 48.5 Å². The van der Waals surface area contributed by atoms with E-state index in [2.05, 4.69) is 33.1 Å². The fraction of sp³-hybridized carbons (Fsp3) is 0.588. The summed E-state index contributed by atoms with van der Waals surface area (Å²) in [5.74, 6) is 5.22. The largest absolute Gasteiger partial charge is 0.466 e. The van der Waals surface area contributed by atoms with Gasteiger partial charge in [-0.1, -0.05) is 6.92 Å². The molecular weight excluding hydrogens is 292 g/mol. The number of amides is 1. The van der Waals surface area contributed by atoms with E-state index in [4.69, 9.17) is 4.42 Å². The Morgan fingerprint density at radius 1 is 1.43 bits per heavy atom. The Labute approximate surface area is 135 Å². The first-order valence-electron chi connectivity index (χ1n) is 8.47. The van der Waals surface area contributed by atoms with E-state index in [1.165, 1.54) is 6.42 Å². The number of aryl methyl sites for hydroxylation is 2. The lowest BCUT2D eigenvalue weighted by molar-refractivity contribution is -0.121. The summed E-state index contributed by atoms with van der Waals surface area (Å²) in [5, 5.41) is 11.2. The Kier molecular flexibility index (Phi) is 3.67. The molecule has 1 fully saturated rings. The Hall–Kier alpha value is -2.11. The van der Waals surface area contributed by atoms with Crippen LogP contribution in [0, 0.1) is 5.92 Å². The molecule has 0 spiro atoms. The van der Waals surface area contributed by atoms with Gasteiger partial charge in [-0.25, -0.2) is 0 Å². The maximum atomic E-state index is 12.0. The zero-order chi connectivity index (χ0) is 15.8. The summed E-state index contributed by atoms with van der Waals surface area (Å²) < 4.78 is 7.94. The van der Waals surface area contributed by atoms with Gasteiger partial charge in [-0.05, 0) is 30.9 Å². The number of nitrogens with zero attached hydrogens (tertiary/aromatic N) is 3. The number of carbonyl (C=O) groups excluding carboxylic acids is 1. The van der Waals surface area contributed by atoms with Crippen molar-refractivity contribution < 1.29 is 9.21 Å². The summed E-state index contributed by atoms with van der Waals surface area (Å²) in [4.78, 5) is 12.0. The highest BCUT2D eigenvalue weighted by atomic mass is 16.3. The zero-order valence-corrected chi connectivity index (χ0v) is 13.4. The van der Waals surface area contributed by atoms with Crippen LogP contribution >= 0.6 is 0 Å². The molecule has 4 rings (SSSR count). The molecule has 6 heteroatoms. The first-order chi connectivity index (χ1) is 11.2. The molecule has 122 valence electrons. The zero-order valence-electron chi connectivity index (χ0n) is 13.4. The van der Waals surface area contributed by atoms with Gasteiger partial charge < -0.3 is 14.3 Å². The second-order valence-electron chi connectivity index (χ2n) is 6.69. The van der Waals surface area contributed by atoms with Crippen molar-refractivity contribution in [3.8, 4) is 0 Å². The fourth-order valence-corrected chi connectivity index (χ4v) is 3.29. The first-order valence-corrected chi connectivity index (χ1v) is 8.47. The smallest absolute Gasteiger partial charge is 0.220 e. The van der Waals surface area contributed by atoms with Gasteiger partial charge in [-0.2, -0.15) is 0 Å². The summed E-state index contributed by atoms with van der Waals surface area (Å²) in [6.07, 6.45) is 4.41. The Bertz CT molecular complexity index is 718. The molecule has 1 N–H and O–H groups in total. The van der Waals surface area contributed by atoms with Crippen molar-refractivity contribution in [1.82, 2.24) is 20.1 Å². The SMILES string of the molecule is C[C@@H]1C[C@@H]1c1ccc(CCC(=O)NCc2nnc3n2CCC3)o1. The lowest BCUT2D eigenvalue weighted by Crippen LogP contribution is -2.24. The normalized spacial score (nSPS) is 22.1. The van der Waals surface area contributed by atoms with E-state index in [0.29, 0.717) is 25.3 Å². The monoisotopic (exact) mass is 314 g/mol. The van der Waals surface area contributed by atoms with Crippen LogP contribution in [0.5, 0.6) is 0 Å². The van der Waals surface area contributed by atoms with Crippen LogP contribution < -0.4 is 5.32 Å². The van der Waals surface area contributed by atoms with E-state index < -0.39 is 0 Å². The average molecular weight is 314 g/mol. The maximum Gasteiger partial charge on any atom is 0.220 e. The highest BCUT2D eigenvalue weighted by molar-refractivity contribution is 5.75. The Morgan fingerprint density at radius 2 is 2.30 bits per heavy atom. The van der Waals surface area contributed by atoms with Gasteiger partial charge in [0.1, 0.15) is 17.3 Å². The predicted molar refractivity (Wildman–Crippen MR) is 83.7 cm³/mol. The predicted octanol–water partition coefficient (Wildman–Crippen LogP) is 2.19. The van der Waals surface area contributed by atoms with Crippen molar-refractivity contribution in [3.05, 3.63) is 35.3 Å². The molecule has 2 atom stereocenters. The van der Waals surface area contributed by atoms with Gasteiger partial charge in [-0.15, -0.1) is 10.2 Å². The average Bonchev–Trinajstić information content (AvgIpc) is 2.97. The maximum absolute atomic E-state index is 12.0. The number of rotatable bonds is 6. The number of fused-ring (bicyclic) bond motifs is 1. The molecule has 0 bridgehead atoms. The van der Waals surface area contributed by atoms with Crippen molar-refractivity contribution >= 4 is 5.91 Å². The van der Waals surface area contributed by atoms with E-state index in [9.17, 15) is 4.79 Å². The van der Waals surface area contributed by atoms with Gasteiger partial charge in [0.05, 0.1) is 6.54 Å². The van der Waals surface area contributed by atoms with Gasteiger partial charge in [-0.3, -0.25) is 4.79 Å². The summed E-state index contributed by atoms with van der Waals surface area (Å²) in [6, 6.07) is 4.06. The van der Waals surface area contributed by atoms with Gasteiger partial charge in [0.15, 0.2) is 5.82 Å². The summed E-state index contributed by atoms with van der Waals surface area (Å²) >= 11 is 0. The van der Waals surface area contributed by atoms with Crippen LogP contribution in [-0.4, -0.2) is 20.7 Å². The second kappa shape index (κ2) is 5.83. The second-order valence-corrected chi connectivity index (χ2v) is 6.69. The van der Waals surface area contributed by atoms with Gasteiger partial charge in [0.25, 0.3) is 0 Å². The Balaban J connectivity index is 1.24. The summed E-state index contributed by atoms with van der Waals surface area (Å²) in [7, 11) is 0. The molecule has 6 nitrogen and oxygen atoms in total. The third-order valence-electron chi connectivity index (χ3n) is 4.89. The van der Waals surface area contributed by atoms with Crippen molar-refractivity contribution in [3.63, 3.8) is 0 Å². The topological polar surface area (TPSA) is 73.0 Å². The molecule has 2 aromatic heterocycles. The molecule has 0 radical (unpaired) electrons. The van der Waals surface area contributed by atoms with E-state index in [1.807, 2.05) is 6.07 Å². The van der Waals surface area contributed by atoms with Crippen LogP contribution in [0.25, 0.3) is 0 Å².